The number of ether oxygens (including phenoxy) is 3. The summed E-state index contributed by atoms with van der Waals surface area (Å²) in [6.45, 7) is 0.183. The SMILES string of the molecule is O=C(NCc1ccc2c(c1)OCO2)[C@H]1CN(S(=O)(=O)c2ccccc2)c2cc(Cl)ccc2O1. The van der Waals surface area contributed by atoms with Gasteiger partial charge in [0.1, 0.15) is 5.75 Å². The third-order valence-corrected chi connectivity index (χ3v) is 7.35. The lowest BCUT2D eigenvalue weighted by atomic mass is 10.2. The smallest absolute Gasteiger partial charge is 0.264 e. The molecule has 0 saturated carbocycles. The highest BCUT2D eigenvalue weighted by atomic mass is 35.5. The summed E-state index contributed by atoms with van der Waals surface area (Å²) in [6.07, 6.45) is -1.05. The number of rotatable bonds is 5. The van der Waals surface area contributed by atoms with Crippen molar-refractivity contribution in [3.8, 4) is 17.2 Å². The van der Waals surface area contributed by atoms with E-state index >= 15 is 0 Å². The largest absolute Gasteiger partial charge is 0.476 e. The topological polar surface area (TPSA) is 94.2 Å². The maximum Gasteiger partial charge on any atom is 0.264 e. The van der Waals surface area contributed by atoms with Gasteiger partial charge in [0, 0.05) is 11.6 Å². The van der Waals surface area contributed by atoms with E-state index in [1.165, 1.54) is 18.2 Å². The Hall–Kier alpha value is -3.43. The molecular weight excluding hydrogens is 468 g/mol. The van der Waals surface area contributed by atoms with E-state index in [1.54, 1.807) is 42.5 Å². The molecule has 0 radical (unpaired) electrons. The Kier molecular flexibility index (Phi) is 5.51. The Labute approximate surface area is 195 Å². The maximum atomic E-state index is 13.4. The van der Waals surface area contributed by atoms with Gasteiger partial charge in [-0.05, 0) is 48.0 Å². The number of amides is 1. The Balaban J connectivity index is 1.39. The van der Waals surface area contributed by atoms with Crippen molar-refractivity contribution in [2.75, 3.05) is 17.6 Å². The van der Waals surface area contributed by atoms with Crippen molar-refractivity contribution >= 4 is 33.2 Å². The molecule has 0 unspecified atom stereocenters. The zero-order valence-corrected chi connectivity index (χ0v) is 18.8. The van der Waals surface area contributed by atoms with Crippen LogP contribution in [0.5, 0.6) is 17.2 Å². The fourth-order valence-corrected chi connectivity index (χ4v) is 5.32. The van der Waals surface area contributed by atoms with Crippen molar-refractivity contribution < 1.29 is 27.4 Å². The fraction of sp³-hybridized carbons (Fsp3) is 0.174. The molecule has 170 valence electrons. The molecule has 0 spiro atoms. The second kappa shape index (κ2) is 8.49. The molecule has 5 rings (SSSR count). The molecule has 3 aromatic carbocycles. The number of fused-ring (bicyclic) bond motifs is 2. The summed E-state index contributed by atoms with van der Waals surface area (Å²) >= 11 is 6.12. The molecule has 0 aromatic heterocycles. The number of carbonyl (C=O) groups excluding carboxylic acids is 1. The van der Waals surface area contributed by atoms with Crippen molar-refractivity contribution in [2.24, 2.45) is 0 Å². The number of benzene rings is 3. The Morgan fingerprint density at radius 2 is 1.76 bits per heavy atom. The number of hydrogen-bond acceptors (Lipinski definition) is 6. The predicted octanol–water partition coefficient (Wildman–Crippen LogP) is 3.34. The summed E-state index contributed by atoms with van der Waals surface area (Å²) in [5.41, 5.74) is 1.09. The molecule has 1 amide bonds. The molecule has 0 saturated heterocycles. The van der Waals surface area contributed by atoms with Crippen molar-refractivity contribution in [3.63, 3.8) is 0 Å². The van der Waals surface area contributed by atoms with Crippen molar-refractivity contribution in [1.29, 1.82) is 0 Å². The Morgan fingerprint density at radius 1 is 1.00 bits per heavy atom. The van der Waals surface area contributed by atoms with E-state index in [0.29, 0.717) is 16.5 Å². The van der Waals surface area contributed by atoms with Gasteiger partial charge in [0.2, 0.25) is 6.79 Å². The molecule has 2 heterocycles. The van der Waals surface area contributed by atoms with E-state index in [2.05, 4.69) is 5.32 Å². The third kappa shape index (κ3) is 4.17. The lowest BCUT2D eigenvalue weighted by molar-refractivity contribution is -0.127. The summed E-state index contributed by atoms with van der Waals surface area (Å²) in [5, 5.41) is 3.16. The quantitative estimate of drug-likeness (QED) is 0.594. The van der Waals surface area contributed by atoms with Gasteiger partial charge in [-0.1, -0.05) is 35.9 Å². The van der Waals surface area contributed by atoms with Crippen LogP contribution in [0.25, 0.3) is 0 Å². The monoisotopic (exact) mass is 486 g/mol. The molecule has 33 heavy (non-hydrogen) atoms. The first-order chi connectivity index (χ1) is 15.9. The van der Waals surface area contributed by atoms with Gasteiger partial charge in [0.15, 0.2) is 17.6 Å². The van der Waals surface area contributed by atoms with Gasteiger partial charge in [-0.3, -0.25) is 9.10 Å². The first kappa shape index (κ1) is 21.4. The van der Waals surface area contributed by atoms with Crippen LogP contribution in [0.15, 0.2) is 71.6 Å². The second-order valence-electron chi connectivity index (χ2n) is 7.47. The Morgan fingerprint density at radius 3 is 2.58 bits per heavy atom. The molecule has 0 aliphatic carbocycles. The van der Waals surface area contributed by atoms with E-state index in [9.17, 15) is 13.2 Å². The number of nitrogens with one attached hydrogen (secondary N) is 1. The minimum Gasteiger partial charge on any atom is -0.476 e. The average Bonchev–Trinajstić information content (AvgIpc) is 3.30. The first-order valence-electron chi connectivity index (χ1n) is 10.1. The summed E-state index contributed by atoms with van der Waals surface area (Å²) in [4.78, 5) is 13.1. The van der Waals surface area contributed by atoms with Gasteiger partial charge in [0.25, 0.3) is 15.9 Å². The lowest BCUT2D eigenvalue weighted by Gasteiger charge is -2.34. The molecule has 2 aliphatic heterocycles. The summed E-state index contributed by atoms with van der Waals surface area (Å²) < 4.78 is 44.4. The van der Waals surface area contributed by atoms with Gasteiger partial charge < -0.3 is 19.5 Å². The fourth-order valence-electron chi connectivity index (χ4n) is 3.66. The van der Waals surface area contributed by atoms with E-state index in [0.717, 1.165) is 9.87 Å². The van der Waals surface area contributed by atoms with Crippen LogP contribution in [0.3, 0.4) is 0 Å². The van der Waals surface area contributed by atoms with Gasteiger partial charge in [-0.15, -0.1) is 0 Å². The van der Waals surface area contributed by atoms with E-state index in [-0.39, 0.29) is 36.2 Å². The van der Waals surface area contributed by atoms with E-state index in [1.807, 2.05) is 6.07 Å². The highest BCUT2D eigenvalue weighted by molar-refractivity contribution is 7.92. The highest BCUT2D eigenvalue weighted by Gasteiger charge is 2.37. The maximum absolute atomic E-state index is 13.4. The number of carbonyl (C=O) groups is 1. The minimum atomic E-state index is -3.95. The molecule has 0 fully saturated rings. The zero-order valence-electron chi connectivity index (χ0n) is 17.2. The van der Waals surface area contributed by atoms with E-state index in [4.69, 9.17) is 25.8 Å². The predicted molar refractivity (Wildman–Crippen MR) is 121 cm³/mol. The van der Waals surface area contributed by atoms with Crippen molar-refractivity contribution in [3.05, 3.63) is 77.3 Å². The van der Waals surface area contributed by atoms with Crippen molar-refractivity contribution in [1.82, 2.24) is 5.32 Å². The van der Waals surface area contributed by atoms with Crippen LogP contribution >= 0.6 is 11.6 Å². The molecule has 0 bridgehead atoms. The third-order valence-electron chi connectivity index (χ3n) is 5.32. The minimum absolute atomic E-state index is 0.109. The van der Waals surface area contributed by atoms with E-state index < -0.39 is 22.0 Å². The number of hydrogen-bond donors (Lipinski definition) is 1. The molecule has 10 heteroatoms. The van der Waals surface area contributed by atoms with Gasteiger partial charge in [-0.2, -0.15) is 0 Å². The van der Waals surface area contributed by atoms with Crippen LogP contribution < -0.4 is 23.8 Å². The summed E-state index contributed by atoms with van der Waals surface area (Å²) in [6, 6.07) is 18.1. The number of halogens is 1. The van der Waals surface area contributed by atoms with Crippen LogP contribution in [-0.2, 0) is 21.4 Å². The summed E-state index contributed by atoms with van der Waals surface area (Å²) in [7, 11) is -3.95. The molecule has 1 N–H and O–H groups in total. The molecule has 8 nitrogen and oxygen atoms in total. The molecule has 2 aliphatic rings. The number of sulfonamides is 1. The van der Waals surface area contributed by atoms with Crippen LogP contribution in [0, 0.1) is 0 Å². The second-order valence-corrected chi connectivity index (χ2v) is 9.77. The molecule has 1 atom stereocenters. The van der Waals surface area contributed by atoms with Gasteiger partial charge in [0.05, 0.1) is 17.1 Å². The highest BCUT2D eigenvalue weighted by Crippen LogP contribution is 2.39. The first-order valence-corrected chi connectivity index (χ1v) is 11.9. The summed E-state index contributed by atoms with van der Waals surface area (Å²) in [5.74, 6) is 1.08. The molecule has 3 aromatic rings. The lowest BCUT2D eigenvalue weighted by Crippen LogP contribution is -2.50. The molecular formula is C23H19ClN2O6S. The van der Waals surface area contributed by atoms with Crippen LogP contribution in [0.4, 0.5) is 5.69 Å². The van der Waals surface area contributed by atoms with Gasteiger partial charge in [-0.25, -0.2) is 8.42 Å². The van der Waals surface area contributed by atoms with Crippen LogP contribution in [0.2, 0.25) is 5.02 Å². The van der Waals surface area contributed by atoms with Crippen molar-refractivity contribution in [2.45, 2.75) is 17.5 Å². The number of anilines is 1. The van der Waals surface area contributed by atoms with Crippen LogP contribution in [0.1, 0.15) is 5.56 Å². The Bertz CT molecular complexity index is 1320. The normalized spacial score (nSPS) is 16.6. The zero-order chi connectivity index (χ0) is 23.0. The number of nitrogens with zero attached hydrogens (tertiary/aromatic N) is 1. The average molecular weight is 487 g/mol. The standard InChI is InChI=1S/C23H19ClN2O6S/c24-16-7-9-19-18(11-16)26(33(28,29)17-4-2-1-3-5-17)13-22(32-19)23(27)25-12-15-6-8-20-21(10-15)31-14-30-20/h1-11,22H,12-14H2,(H,25,27)/t22-/m1/s1. The van der Waals surface area contributed by atoms with Crippen LogP contribution in [-0.4, -0.2) is 33.8 Å². The van der Waals surface area contributed by atoms with Gasteiger partial charge >= 0.3 is 0 Å².